The summed E-state index contributed by atoms with van der Waals surface area (Å²) in [7, 11) is 0. The van der Waals surface area contributed by atoms with Gasteiger partial charge >= 0.3 is 0 Å². The van der Waals surface area contributed by atoms with Crippen molar-refractivity contribution in [1.82, 2.24) is 0 Å². The first-order valence-electron chi connectivity index (χ1n) is 7.50. The quantitative estimate of drug-likeness (QED) is 0.293. The van der Waals surface area contributed by atoms with Gasteiger partial charge in [-0.25, -0.2) is 0 Å². The Morgan fingerprint density at radius 3 is 2.19 bits per heavy atom. The highest BCUT2D eigenvalue weighted by molar-refractivity contribution is 4.83. The van der Waals surface area contributed by atoms with Crippen LogP contribution >= 0.6 is 0 Å². The van der Waals surface area contributed by atoms with Crippen molar-refractivity contribution < 1.29 is 0 Å². The zero-order valence-corrected chi connectivity index (χ0v) is 11.8. The van der Waals surface area contributed by atoms with Crippen LogP contribution in [0.25, 0.3) is 0 Å². The third-order valence-electron chi connectivity index (χ3n) is 3.40. The second kappa shape index (κ2) is 12.8. The molecule has 0 aliphatic heterocycles. The highest BCUT2D eigenvalue weighted by atomic mass is 14.1. The molecule has 0 rings (SSSR count). The van der Waals surface area contributed by atoms with E-state index in [2.05, 4.69) is 32.9 Å². The molecule has 0 radical (unpaired) electrons. The van der Waals surface area contributed by atoms with E-state index in [1.807, 2.05) is 0 Å². The van der Waals surface area contributed by atoms with Crippen molar-refractivity contribution >= 4 is 0 Å². The van der Waals surface area contributed by atoms with Crippen molar-refractivity contribution in [3.05, 3.63) is 12.2 Å². The largest absolute Gasteiger partial charge is 0.0885 e. The number of hydrogen-bond donors (Lipinski definition) is 0. The van der Waals surface area contributed by atoms with Gasteiger partial charge < -0.3 is 0 Å². The Kier molecular flexibility index (Phi) is 12.6. The highest BCUT2D eigenvalue weighted by Crippen LogP contribution is 2.17. The average molecular weight is 224 g/mol. The Labute approximate surface area is 104 Å². The topological polar surface area (TPSA) is 0 Å². The van der Waals surface area contributed by atoms with Gasteiger partial charge in [-0.2, -0.15) is 0 Å². The van der Waals surface area contributed by atoms with E-state index in [4.69, 9.17) is 0 Å². The van der Waals surface area contributed by atoms with Gasteiger partial charge in [-0.3, -0.25) is 0 Å². The summed E-state index contributed by atoms with van der Waals surface area (Å²) in [5, 5.41) is 0. The molecule has 0 heteroatoms. The van der Waals surface area contributed by atoms with Crippen LogP contribution in [0.5, 0.6) is 0 Å². The van der Waals surface area contributed by atoms with Crippen LogP contribution in [0.3, 0.4) is 0 Å². The maximum Gasteiger partial charge on any atom is -0.0322 e. The Balaban J connectivity index is 3.40. The molecule has 0 N–H and O–H groups in total. The van der Waals surface area contributed by atoms with Gasteiger partial charge in [0.2, 0.25) is 0 Å². The van der Waals surface area contributed by atoms with Gasteiger partial charge in [0.05, 0.1) is 0 Å². The number of allylic oxidation sites excluding steroid dienone is 2. The first-order valence-corrected chi connectivity index (χ1v) is 7.50. The van der Waals surface area contributed by atoms with Crippen LogP contribution < -0.4 is 0 Å². The predicted octanol–water partition coefficient (Wildman–Crippen LogP) is 6.12. The van der Waals surface area contributed by atoms with Crippen molar-refractivity contribution in [2.75, 3.05) is 0 Å². The molecule has 0 aliphatic rings. The lowest BCUT2D eigenvalue weighted by Crippen LogP contribution is -1.96. The summed E-state index contributed by atoms with van der Waals surface area (Å²) < 4.78 is 0. The standard InChI is InChI=1S/C16H32/c1-4-7-9-10-11-12-13-15-16(6-3)14-8-5-2/h12-13,16H,4-11,14-15H2,1-3H3. The fraction of sp³-hybridized carbons (Fsp3) is 0.875. The van der Waals surface area contributed by atoms with Gasteiger partial charge in [-0.05, 0) is 25.2 Å². The summed E-state index contributed by atoms with van der Waals surface area (Å²) in [5.41, 5.74) is 0. The third kappa shape index (κ3) is 10.3. The summed E-state index contributed by atoms with van der Waals surface area (Å²) >= 11 is 0. The smallest absolute Gasteiger partial charge is 0.0322 e. The zero-order chi connectivity index (χ0) is 12.1. The molecule has 0 aliphatic carbocycles. The number of hydrogen-bond acceptors (Lipinski definition) is 0. The van der Waals surface area contributed by atoms with E-state index >= 15 is 0 Å². The third-order valence-corrected chi connectivity index (χ3v) is 3.40. The molecule has 0 nitrogen and oxygen atoms in total. The van der Waals surface area contributed by atoms with Gasteiger partial charge in [0.25, 0.3) is 0 Å². The van der Waals surface area contributed by atoms with Gasteiger partial charge in [-0.15, -0.1) is 0 Å². The van der Waals surface area contributed by atoms with E-state index in [-0.39, 0.29) is 0 Å². The molecule has 16 heavy (non-hydrogen) atoms. The summed E-state index contributed by atoms with van der Waals surface area (Å²) in [5.74, 6) is 0.937. The van der Waals surface area contributed by atoms with Crippen LogP contribution in [0.2, 0.25) is 0 Å². The molecule has 0 aromatic heterocycles. The maximum atomic E-state index is 2.43. The van der Waals surface area contributed by atoms with Gasteiger partial charge in [0.1, 0.15) is 0 Å². The van der Waals surface area contributed by atoms with E-state index in [1.165, 1.54) is 64.2 Å². The van der Waals surface area contributed by atoms with Crippen molar-refractivity contribution in [3.63, 3.8) is 0 Å². The van der Waals surface area contributed by atoms with Crippen molar-refractivity contribution in [1.29, 1.82) is 0 Å². The maximum absolute atomic E-state index is 2.43. The van der Waals surface area contributed by atoms with E-state index < -0.39 is 0 Å². The molecular formula is C16H32. The molecule has 0 bridgehead atoms. The van der Waals surface area contributed by atoms with E-state index in [1.54, 1.807) is 0 Å². The molecule has 0 fully saturated rings. The zero-order valence-electron chi connectivity index (χ0n) is 11.8. The first kappa shape index (κ1) is 15.7. The molecule has 1 unspecified atom stereocenters. The second-order valence-electron chi connectivity index (χ2n) is 4.97. The second-order valence-corrected chi connectivity index (χ2v) is 4.97. The van der Waals surface area contributed by atoms with Gasteiger partial charge in [0, 0.05) is 0 Å². The normalized spacial score (nSPS) is 13.4. The highest BCUT2D eigenvalue weighted by Gasteiger charge is 2.02. The molecule has 0 aromatic carbocycles. The lowest BCUT2D eigenvalue weighted by molar-refractivity contribution is 0.456. The molecule has 0 amide bonds. The molecule has 0 saturated carbocycles. The molecular weight excluding hydrogens is 192 g/mol. The van der Waals surface area contributed by atoms with Crippen LogP contribution in [0.4, 0.5) is 0 Å². The Morgan fingerprint density at radius 2 is 1.56 bits per heavy atom. The van der Waals surface area contributed by atoms with Crippen LogP contribution in [0, 0.1) is 5.92 Å². The Hall–Kier alpha value is -0.260. The SMILES string of the molecule is CCCCCCC=CCC(CC)CCCC. The molecule has 0 aromatic rings. The van der Waals surface area contributed by atoms with Gasteiger partial charge in [-0.1, -0.05) is 77.9 Å². The van der Waals surface area contributed by atoms with Crippen molar-refractivity contribution in [2.24, 2.45) is 5.92 Å². The monoisotopic (exact) mass is 224 g/mol. The lowest BCUT2D eigenvalue weighted by Gasteiger charge is -2.11. The predicted molar refractivity (Wildman–Crippen MR) is 75.8 cm³/mol. The Bertz CT molecular complexity index is 146. The van der Waals surface area contributed by atoms with E-state index in [0.717, 1.165) is 5.92 Å². The van der Waals surface area contributed by atoms with E-state index in [9.17, 15) is 0 Å². The van der Waals surface area contributed by atoms with E-state index in [0.29, 0.717) is 0 Å². The summed E-state index contributed by atoms with van der Waals surface area (Å²) in [6.07, 6.45) is 18.5. The molecule has 0 saturated heterocycles. The molecule has 1 atom stereocenters. The van der Waals surface area contributed by atoms with Gasteiger partial charge in [0.15, 0.2) is 0 Å². The molecule has 96 valence electrons. The van der Waals surface area contributed by atoms with Crippen LogP contribution in [-0.2, 0) is 0 Å². The fourth-order valence-electron chi connectivity index (χ4n) is 2.08. The van der Waals surface area contributed by atoms with Crippen LogP contribution in [0.15, 0.2) is 12.2 Å². The first-order chi connectivity index (χ1) is 7.85. The summed E-state index contributed by atoms with van der Waals surface area (Å²) in [6, 6.07) is 0. The van der Waals surface area contributed by atoms with Crippen molar-refractivity contribution in [3.8, 4) is 0 Å². The fourth-order valence-corrected chi connectivity index (χ4v) is 2.08. The van der Waals surface area contributed by atoms with Crippen molar-refractivity contribution in [2.45, 2.75) is 85.0 Å². The van der Waals surface area contributed by atoms with Crippen LogP contribution in [-0.4, -0.2) is 0 Å². The minimum Gasteiger partial charge on any atom is -0.0885 e. The molecule has 0 heterocycles. The van der Waals surface area contributed by atoms with Crippen LogP contribution in [0.1, 0.15) is 85.0 Å². The molecule has 0 spiro atoms. The minimum atomic E-state index is 0.937. The minimum absolute atomic E-state index is 0.937. The summed E-state index contributed by atoms with van der Waals surface area (Å²) in [4.78, 5) is 0. The number of unbranched alkanes of at least 4 members (excludes halogenated alkanes) is 5. The average Bonchev–Trinajstić information content (AvgIpc) is 2.32. The lowest BCUT2D eigenvalue weighted by atomic mass is 9.95. The Morgan fingerprint density at radius 1 is 0.812 bits per heavy atom. The number of rotatable bonds is 11. The summed E-state index contributed by atoms with van der Waals surface area (Å²) in [6.45, 7) is 6.89.